The van der Waals surface area contributed by atoms with Crippen LogP contribution in [0.15, 0.2) is 78.4 Å². The molecule has 2 aliphatic rings. The quantitative estimate of drug-likeness (QED) is 0.171. The molecule has 2 saturated heterocycles. The van der Waals surface area contributed by atoms with Crippen LogP contribution < -0.4 is 9.47 Å². The zero-order valence-corrected chi connectivity index (χ0v) is 25.0. The lowest BCUT2D eigenvalue weighted by atomic mass is 9.93. The highest BCUT2D eigenvalue weighted by Crippen LogP contribution is 2.40. The van der Waals surface area contributed by atoms with Crippen LogP contribution in [0.4, 0.5) is 0 Å². The lowest BCUT2D eigenvalue weighted by Gasteiger charge is -2.29. The first-order valence-electron chi connectivity index (χ1n) is 15.0. The third kappa shape index (κ3) is 7.27. The van der Waals surface area contributed by atoms with Crippen molar-refractivity contribution in [3.8, 4) is 11.5 Å². The van der Waals surface area contributed by atoms with Gasteiger partial charge in [0.25, 0.3) is 11.7 Å². The Morgan fingerprint density at radius 2 is 1.65 bits per heavy atom. The van der Waals surface area contributed by atoms with Gasteiger partial charge in [0.15, 0.2) is 0 Å². The molecule has 3 aromatic carbocycles. The number of rotatable bonds is 12. The summed E-state index contributed by atoms with van der Waals surface area (Å²) in [4.78, 5) is 30.9. The largest absolute Gasteiger partial charge is 0.507 e. The molecule has 0 spiro atoms. The molecule has 0 aromatic heterocycles. The van der Waals surface area contributed by atoms with Gasteiger partial charge >= 0.3 is 0 Å². The van der Waals surface area contributed by atoms with E-state index in [4.69, 9.17) is 14.2 Å². The maximum atomic E-state index is 13.5. The number of carbonyl (C=O) groups is 2. The minimum absolute atomic E-state index is 0.0969. The normalized spacial score (nSPS) is 18.7. The van der Waals surface area contributed by atoms with Crippen molar-refractivity contribution in [2.45, 2.75) is 39.3 Å². The van der Waals surface area contributed by atoms with E-state index in [-0.39, 0.29) is 11.3 Å². The molecular weight excluding hydrogens is 544 g/mol. The Morgan fingerprint density at radius 3 is 2.35 bits per heavy atom. The summed E-state index contributed by atoms with van der Waals surface area (Å²) in [5, 5.41) is 11.6. The summed E-state index contributed by atoms with van der Waals surface area (Å²) in [5.41, 5.74) is 3.15. The number of likely N-dealkylation sites (tertiary alicyclic amines) is 1. The SMILES string of the molecule is CCCOc1ccc(C(O)=C2C(=O)C(=O)N(CCCN3CCOCC3)C2c2ccc(OCc3ccccc3)cc2)c(C)c1. The Kier molecular flexibility index (Phi) is 10.1. The first-order chi connectivity index (χ1) is 21.0. The van der Waals surface area contributed by atoms with Crippen molar-refractivity contribution < 1.29 is 28.9 Å². The smallest absolute Gasteiger partial charge is 0.295 e. The van der Waals surface area contributed by atoms with E-state index in [0.717, 1.165) is 42.7 Å². The van der Waals surface area contributed by atoms with Crippen LogP contribution in [-0.2, 0) is 20.9 Å². The van der Waals surface area contributed by atoms with Crippen LogP contribution in [0.2, 0.25) is 0 Å². The Bertz CT molecular complexity index is 1430. The van der Waals surface area contributed by atoms with E-state index < -0.39 is 17.7 Å². The number of ether oxygens (including phenoxy) is 3. The van der Waals surface area contributed by atoms with Crippen LogP contribution in [0.1, 0.15) is 48.1 Å². The molecule has 8 nitrogen and oxygen atoms in total. The fraction of sp³-hybridized carbons (Fsp3) is 0.371. The third-order valence-electron chi connectivity index (χ3n) is 7.89. The zero-order valence-electron chi connectivity index (χ0n) is 25.0. The van der Waals surface area contributed by atoms with E-state index in [1.165, 1.54) is 0 Å². The zero-order chi connectivity index (χ0) is 30.2. The lowest BCUT2D eigenvalue weighted by Crippen LogP contribution is -2.38. The minimum Gasteiger partial charge on any atom is -0.507 e. The molecule has 1 N–H and O–H groups in total. The van der Waals surface area contributed by atoms with Crippen LogP contribution in [0.25, 0.3) is 5.76 Å². The lowest BCUT2D eigenvalue weighted by molar-refractivity contribution is -0.140. The van der Waals surface area contributed by atoms with Crippen LogP contribution in [0, 0.1) is 6.92 Å². The van der Waals surface area contributed by atoms with E-state index in [1.807, 2.05) is 74.5 Å². The second kappa shape index (κ2) is 14.4. The van der Waals surface area contributed by atoms with Gasteiger partial charge in [0.2, 0.25) is 0 Å². The highest BCUT2D eigenvalue weighted by molar-refractivity contribution is 6.46. The van der Waals surface area contributed by atoms with Gasteiger partial charge < -0.3 is 24.2 Å². The molecule has 3 aromatic rings. The number of hydrogen-bond acceptors (Lipinski definition) is 7. The van der Waals surface area contributed by atoms with Gasteiger partial charge in [0.05, 0.1) is 31.4 Å². The number of aryl methyl sites for hydroxylation is 1. The number of morpholine rings is 1. The molecule has 1 atom stereocenters. The number of benzene rings is 3. The molecule has 1 unspecified atom stereocenters. The summed E-state index contributed by atoms with van der Waals surface area (Å²) in [5.74, 6) is -0.0806. The minimum atomic E-state index is -0.719. The highest BCUT2D eigenvalue weighted by atomic mass is 16.5. The van der Waals surface area contributed by atoms with Gasteiger partial charge in [-0.3, -0.25) is 14.5 Å². The number of amides is 1. The molecule has 0 bridgehead atoms. The predicted molar refractivity (Wildman–Crippen MR) is 165 cm³/mol. The molecule has 43 heavy (non-hydrogen) atoms. The number of aliphatic hydroxyl groups is 1. The maximum absolute atomic E-state index is 13.5. The van der Waals surface area contributed by atoms with Gasteiger partial charge in [0, 0.05) is 31.7 Å². The van der Waals surface area contributed by atoms with Crippen molar-refractivity contribution in [1.29, 1.82) is 0 Å². The van der Waals surface area contributed by atoms with E-state index in [2.05, 4.69) is 4.90 Å². The molecule has 2 heterocycles. The molecule has 1 amide bonds. The van der Waals surface area contributed by atoms with Crippen molar-refractivity contribution in [3.05, 3.63) is 101 Å². The Morgan fingerprint density at radius 1 is 0.930 bits per heavy atom. The second-order valence-electron chi connectivity index (χ2n) is 11.0. The average molecular weight is 585 g/mol. The van der Waals surface area contributed by atoms with Crippen molar-refractivity contribution in [2.75, 3.05) is 46.0 Å². The van der Waals surface area contributed by atoms with Crippen molar-refractivity contribution in [3.63, 3.8) is 0 Å². The van der Waals surface area contributed by atoms with Crippen LogP contribution in [0.5, 0.6) is 11.5 Å². The first-order valence-corrected chi connectivity index (χ1v) is 15.0. The van der Waals surface area contributed by atoms with Gasteiger partial charge in [-0.15, -0.1) is 0 Å². The molecule has 0 radical (unpaired) electrons. The average Bonchev–Trinajstić information content (AvgIpc) is 3.29. The summed E-state index contributed by atoms with van der Waals surface area (Å²) >= 11 is 0. The van der Waals surface area contributed by atoms with Crippen LogP contribution >= 0.6 is 0 Å². The summed E-state index contributed by atoms with van der Waals surface area (Å²) in [6, 6.07) is 22.0. The van der Waals surface area contributed by atoms with Gasteiger partial charge in [-0.2, -0.15) is 0 Å². The fourth-order valence-corrected chi connectivity index (χ4v) is 5.59. The third-order valence-corrected chi connectivity index (χ3v) is 7.89. The summed E-state index contributed by atoms with van der Waals surface area (Å²) in [6.07, 6.45) is 1.58. The number of Topliss-reactive ketones (excluding diaryl/α,β-unsaturated/α-hetero) is 1. The molecule has 2 fully saturated rings. The van der Waals surface area contributed by atoms with Gasteiger partial charge in [0.1, 0.15) is 23.9 Å². The molecule has 8 heteroatoms. The summed E-state index contributed by atoms with van der Waals surface area (Å²) in [7, 11) is 0. The van der Waals surface area contributed by atoms with Crippen molar-refractivity contribution in [1.82, 2.24) is 9.80 Å². The monoisotopic (exact) mass is 584 g/mol. The van der Waals surface area contributed by atoms with Crippen LogP contribution in [-0.4, -0.2) is 72.6 Å². The Hall–Kier alpha value is -4.14. The number of hydrogen-bond donors (Lipinski definition) is 1. The van der Waals surface area contributed by atoms with Gasteiger partial charge in [-0.05, 0) is 66.8 Å². The van der Waals surface area contributed by atoms with Gasteiger partial charge in [-0.25, -0.2) is 0 Å². The predicted octanol–water partition coefficient (Wildman–Crippen LogP) is 5.51. The molecule has 5 rings (SSSR count). The Labute approximate surface area is 253 Å². The van der Waals surface area contributed by atoms with E-state index in [1.54, 1.807) is 17.0 Å². The summed E-state index contributed by atoms with van der Waals surface area (Å²) in [6.45, 7) is 9.20. The van der Waals surface area contributed by atoms with Crippen molar-refractivity contribution in [2.24, 2.45) is 0 Å². The standard InChI is InChI=1S/C35H40N2O6/c1-3-20-42-29-14-15-30(25(2)23-29)33(38)31-32(27-10-12-28(13-11-27)43-24-26-8-5-4-6-9-26)37(35(40)34(31)39)17-7-16-36-18-21-41-22-19-36/h4-6,8-15,23,32,38H,3,7,16-22,24H2,1-2H3. The van der Waals surface area contributed by atoms with E-state index in [9.17, 15) is 14.7 Å². The summed E-state index contributed by atoms with van der Waals surface area (Å²) < 4.78 is 17.2. The second-order valence-corrected chi connectivity index (χ2v) is 11.0. The molecule has 226 valence electrons. The molecular formula is C35H40N2O6. The number of ketones is 1. The number of aliphatic hydroxyl groups excluding tert-OH is 1. The van der Waals surface area contributed by atoms with E-state index >= 15 is 0 Å². The maximum Gasteiger partial charge on any atom is 0.295 e. The molecule has 0 saturated carbocycles. The molecule has 0 aliphatic carbocycles. The van der Waals surface area contributed by atoms with Crippen LogP contribution in [0.3, 0.4) is 0 Å². The van der Waals surface area contributed by atoms with Crippen molar-refractivity contribution >= 4 is 17.4 Å². The molecule has 2 aliphatic heterocycles. The van der Waals surface area contributed by atoms with Gasteiger partial charge in [-0.1, -0.05) is 49.4 Å². The Balaban J connectivity index is 1.43. The first kappa shape index (κ1) is 30.3. The highest BCUT2D eigenvalue weighted by Gasteiger charge is 2.46. The fourth-order valence-electron chi connectivity index (χ4n) is 5.59. The number of carbonyl (C=O) groups excluding carboxylic acids is 2. The topological polar surface area (TPSA) is 88.5 Å². The van der Waals surface area contributed by atoms with E-state index in [0.29, 0.717) is 56.5 Å². The number of nitrogens with zero attached hydrogens (tertiary/aromatic N) is 2.